The van der Waals surface area contributed by atoms with Crippen LogP contribution in [0.15, 0.2) is 48.5 Å². The van der Waals surface area contributed by atoms with Crippen LogP contribution < -0.4 is 16.0 Å². The lowest BCUT2D eigenvalue weighted by molar-refractivity contribution is -0.117. The summed E-state index contributed by atoms with van der Waals surface area (Å²) >= 11 is 0. The van der Waals surface area contributed by atoms with Crippen molar-refractivity contribution in [1.29, 1.82) is 0 Å². The van der Waals surface area contributed by atoms with Crippen molar-refractivity contribution in [1.82, 2.24) is 0 Å². The molecule has 0 radical (unpaired) electrons. The SMILES string of the molecule is CC(=O)c1ccc(C(=O)N2C[C@H](N)C(=O)Nc3ccccc32)cc1. The number of carbonyl (C=O) groups excluding carboxylic acids is 3. The van der Waals surface area contributed by atoms with E-state index in [4.69, 9.17) is 5.73 Å². The van der Waals surface area contributed by atoms with E-state index in [0.29, 0.717) is 22.5 Å². The molecular weight excluding hydrogens is 306 g/mol. The first-order valence-corrected chi connectivity index (χ1v) is 7.55. The maximum Gasteiger partial charge on any atom is 0.258 e. The first kappa shape index (κ1) is 15.9. The standard InChI is InChI=1S/C18H17N3O3/c1-11(22)12-6-8-13(9-7-12)18(24)21-10-14(19)17(23)20-15-4-2-3-5-16(15)21/h2-9,14H,10,19H2,1H3,(H,20,23)/t14-/m0/s1. The van der Waals surface area contributed by atoms with Gasteiger partial charge in [0.25, 0.3) is 5.91 Å². The molecule has 24 heavy (non-hydrogen) atoms. The van der Waals surface area contributed by atoms with E-state index in [1.807, 2.05) is 0 Å². The first-order chi connectivity index (χ1) is 11.5. The van der Waals surface area contributed by atoms with Crippen LogP contribution >= 0.6 is 0 Å². The highest BCUT2D eigenvalue weighted by atomic mass is 16.2. The van der Waals surface area contributed by atoms with Crippen LogP contribution in [0, 0.1) is 0 Å². The molecule has 1 aliphatic rings. The summed E-state index contributed by atoms with van der Waals surface area (Å²) in [7, 11) is 0. The molecule has 1 atom stereocenters. The number of anilines is 2. The number of nitrogens with two attached hydrogens (primary N) is 1. The molecule has 6 heteroatoms. The van der Waals surface area contributed by atoms with Gasteiger partial charge in [-0.1, -0.05) is 24.3 Å². The number of amides is 2. The van der Waals surface area contributed by atoms with Crippen LogP contribution in [0.4, 0.5) is 11.4 Å². The Morgan fingerprint density at radius 2 is 1.71 bits per heavy atom. The van der Waals surface area contributed by atoms with Gasteiger partial charge in [-0.3, -0.25) is 14.4 Å². The van der Waals surface area contributed by atoms with Crippen LogP contribution in [-0.2, 0) is 4.79 Å². The summed E-state index contributed by atoms with van der Waals surface area (Å²) in [5.41, 5.74) is 7.98. The Labute approximate surface area is 139 Å². The quantitative estimate of drug-likeness (QED) is 0.825. The van der Waals surface area contributed by atoms with E-state index < -0.39 is 6.04 Å². The average molecular weight is 323 g/mol. The monoisotopic (exact) mass is 323 g/mol. The number of Topliss-reactive ketones (excluding diaryl/α,β-unsaturated/α-hetero) is 1. The average Bonchev–Trinajstić information content (AvgIpc) is 2.71. The second kappa shape index (κ2) is 6.25. The lowest BCUT2D eigenvalue weighted by atomic mass is 10.1. The number of hydrogen-bond donors (Lipinski definition) is 2. The third-order valence-corrected chi connectivity index (χ3v) is 3.95. The van der Waals surface area contributed by atoms with Crippen molar-refractivity contribution in [2.45, 2.75) is 13.0 Å². The molecule has 1 aliphatic heterocycles. The molecule has 2 amide bonds. The number of fused-ring (bicyclic) bond motifs is 1. The largest absolute Gasteiger partial charge is 0.323 e. The smallest absolute Gasteiger partial charge is 0.258 e. The Hall–Kier alpha value is -2.99. The molecule has 122 valence electrons. The van der Waals surface area contributed by atoms with Gasteiger partial charge in [-0.25, -0.2) is 0 Å². The van der Waals surface area contributed by atoms with Gasteiger partial charge in [0.2, 0.25) is 5.91 Å². The van der Waals surface area contributed by atoms with E-state index in [1.165, 1.54) is 11.8 Å². The molecule has 0 saturated heterocycles. The normalized spacial score (nSPS) is 16.8. The summed E-state index contributed by atoms with van der Waals surface area (Å²) in [5, 5.41) is 2.73. The van der Waals surface area contributed by atoms with Crippen LogP contribution in [0.1, 0.15) is 27.6 Å². The number of nitrogens with one attached hydrogen (secondary N) is 1. The van der Waals surface area contributed by atoms with Crippen molar-refractivity contribution in [2.24, 2.45) is 5.73 Å². The van der Waals surface area contributed by atoms with Gasteiger partial charge in [0.05, 0.1) is 17.9 Å². The maximum absolute atomic E-state index is 12.9. The van der Waals surface area contributed by atoms with E-state index in [1.54, 1.807) is 48.5 Å². The van der Waals surface area contributed by atoms with Gasteiger partial charge < -0.3 is 16.0 Å². The molecular formula is C18H17N3O3. The predicted octanol–water partition coefficient (Wildman–Crippen LogP) is 1.82. The Morgan fingerprint density at radius 3 is 2.38 bits per heavy atom. The van der Waals surface area contributed by atoms with Crippen molar-refractivity contribution >= 4 is 29.0 Å². The molecule has 2 aromatic carbocycles. The minimum absolute atomic E-state index is 0.0639. The van der Waals surface area contributed by atoms with Crippen LogP contribution in [-0.4, -0.2) is 30.2 Å². The summed E-state index contributed by atoms with van der Waals surface area (Å²) in [6, 6.07) is 12.7. The highest BCUT2D eigenvalue weighted by Crippen LogP contribution is 2.29. The Balaban J connectivity index is 1.98. The number of benzene rings is 2. The highest BCUT2D eigenvalue weighted by molar-refractivity contribution is 6.11. The van der Waals surface area contributed by atoms with E-state index in [2.05, 4.69) is 5.32 Å². The predicted molar refractivity (Wildman–Crippen MR) is 91.2 cm³/mol. The minimum Gasteiger partial charge on any atom is -0.323 e. The van der Waals surface area contributed by atoms with Crippen molar-refractivity contribution < 1.29 is 14.4 Å². The highest BCUT2D eigenvalue weighted by Gasteiger charge is 2.29. The van der Waals surface area contributed by atoms with Gasteiger partial charge in [0, 0.05) is 11.1 Å². The fourth-order valence-corrected chi connectivity index (χ4v) is 2.61. The molecule has 0 unspecified atom stereocenters. The lowest BCUT2D eigenvalue weighted by Gasteiger charge is -2.23. The van der Waals surface area contributed by atoms with Gasteiger partial charge in [0.15, 0.2) is 5.78 Å². The summed E-state index contributed by atoms with van der Waals surface area (Å²) in [4.78, 5) is 37.7. The first-order valence-electron chi connectivity index (χ1n) is 7.55. The third kappa shape index (κ3) is 2.91. The molecule has 1 heterocycles. The molecule has 0 aromatic heterocycles. The van der Waals surface area contributed by atoms with Crippen molar-refractivity contribution in [3.8, 4) is 0 Å². The lowest BCUT2D eigenvalue weighted by Crippen LogP contribution is -2.45. The molecule has 0 spiro atoms. The Bertz CT molecular complexity index is 815. The molecule has 0 fully saturated rings. The van der Waals surface area contributed by atoms with E-state index in [0.717, 1.165) is 0 Å². The number of ketones is 1. The second-order valence-corrected chi connectivity index (χ2v) is 5.66. The minimum atomic E-state index is -0.821. The maximum atomic E-state index is 12.9. The van der Waals surface area contributed by atoms with Crippen LogP contribution in [0.25, 0.3) is 0 Å². The summed E-state index contributed by atoms with van der Waals surface area (Å²) in [6.45, 7) is 1.55. The molecule has 0 aliphatic carbocycles. The van der Waals surface area contributed by atoms with Gasteiger partial charge in [-0.2, -0.15) is 0 Å². The van der Waals surface area contributed by atoms with Crippen LogP contribution in [0.3, 0.4) is 0 Å². The van der Waals surface area contributed by atoms with E-state index >= 15 is 0 Å². The van der Waals surface area contributed by atoms with Gasteiger partial charge in [-0.15, -0.1) is 0 Å². The van der Waals surface area contributed by atoms with Gasteiger partial charge >= 0.3 is 0 Å². The fourth-order valence-electron chi connectivity index (χ4n) is 2.61. The number of rotatable bonds is 2. The Kier molecular flexibility index (Phi) is 4.14. The molecule has 6 nitrogen and oxygen atoms in total. The molecule has 2 aromatic rings. The molecule has 3 rings (SSSR count). The zero-order valence-corrected chi connectivity index (χ0v) is 13.2. The van der Waals surface area contributed by atoms with Gasteiger partial charge in [-0.05, 0) is 31.2 Å². The van der Waals surface area contributed by atoms with Crippen molar-refractivity contribution in [3.63, 3.8) is 0 Å². The third-order valence-electron chi connectivity index (χ3n) is 3.95. The molecule has 3 N–H and O–H groups in total. The van der Waals surface area contributed by atoms with Crippen LogP contribution in [0.2, 0.25) is 0 Å². The number of para-hydroxylation sites is 2. The zero-order valence-electron chi connectivity index (χ0n) is 13.2. The zero-order chi connectivity index (χ0) is 17.3. The number of carbonyl (C=O) groups is 3. The van der Waals surface area contributed by atoms with E-state index in [9.17, 15) is 14.4 Å². The fraction of sp³-hybridized carbons (Fsp3) is 0.167. The molecule has 0 saturated carbocycles. The van der Waals surface area contributed by atoms with E-state index in [-0.39, 0.29) is 24.1 Å². The Morgan fingerprint density at radius 1 is 1.08 bits per heavy atom. The van der Waals surface area contributed by atoms with Crippen LogP contribution in [0.5, 0.6) is 0 Å². The summed E-state index contributed by atoms with van der Waals surface area (Å²) in [5.74, 6) is -0.667. The second-order valence-electron chi connectivity index (χ2n) is 5.66. The number of hydrogen-bond acceptors (Lipinski definition) is 4. The van der Waals surface area contributed by atoms with Gasteiger partial charge in [0.1, 0.15) is 6.04 Å². The van der Waals surface area contributed by atoms with Crippen molar-refractivity contribution in [3.05, 3.63) is 59.7 Å². The van der Waals surface area contributed by atoms with Crippen molar-refractivity contribution in [2.75, 3.05) is 16.8 Å². The molecule has 0 bridgehead atoms. The topological polar surface area (TPSA) is 92.5 Å². The number of nitrogens with zero attached hydrogens (tertiary/aromatic N) is 1. The summed E-state index contributed by atoms with van der Waals surface area (Å²) < 4.78 is 0. The summed E-state index contributed by atoms with van der Waals surface area (Å²) in [6.07, 6.45) is 0.